The van der Waals surface area contributed by atoms with Crippen LogP contribution in [0.1, 0.15) is 93.1 Å². The number of likely N-dealkylation sites (tertiary alicyclic amines) is 1. The number of hydrogen-bond acceptors (Lipinski definition) is 1. The maximum Gasteiger partial charge on any atom is 0.00334 e. The van der Waals surface area contributed by atoms with Gasteiger partial charge < -0.3 is 4.90 Å². The van der Waals surface area contributed by atoms with Crippen LogP contribution in [0.3, 0.4) is 0 Å². The van der Waals surface area contributed by atoms with E-state index in [1.807, 2.05) is 13.8 Å². The zero-order chi connectivity index (χ0) is 20.6. The number of nitrogens with zero attached hydrogens (tertiary/aromatic N) is 1. The van der Waals surface area contributed by atoms with Crippen molar-refractivity contribution in [2.75, 3.05) is 19.6 Å². The van der Waals surface area contributed by atoms with Gasteiger partial charge in [-0.1, -0.05) is 98.6 Å². The first-order valence-corrected chi connectivity index (χ1v) is 11.4. The van der Waals surface area contributed by atoms with E-state index in [1.165, 1.54) is 63.7 Å². The Morgan fingerprint density at radius 1 is 0.963 bits per heavy atom. The average Bonchev–Trinajstić information content (AvgIpc) is 2.91. The van der Waals surface area contributed by atoms with Gasteiger partial charge in [0.1, 0.15) is 0 Å². The summed E-state index contributed by atoms with van der Waals surface area (Å²) < 4.78 is 0. The molecular weight excluding hydrogens is 326 g/mol. The summed E-state index contributed by atoms with van der Waals surface area (Å²) >= 11 is 0. The quantitative estimate of drug-likeness (QED) is 0.525. The molecule has 1 aromatic carbocycles. The van der Waals surface area contributed by atoms with Gasteiger partial charge in [0.25, 0.3) is 0 Å². The van der Waals surface area contributed by atoms with Crippen LogP contribution in [0.2, 0.25) is 0 Å². The SMILES string of the molecule is CC.CC(C)(C)CN1CCC(C)(C)C1.CCC1(Cc2ccccc2)CCC1. The summed E-state index contributed by atoms with van der Waals surface area (Å²) in [5.41, 5.74) is 3.21. The minimum atomic E-state index is 0.459. The van der Waals surface area contributed by atoms with Crippen LogP contribution >= 0.6 is 0 Å². The molecule has 0 amide bonds. The Morgan fingerprint density at radius 2 is 1.56 bits per heavy atom. The van der Waals surface area contributed by atoms with E-state index in [2.05, 4.69) is 76.8 Å². The zero-order valence-corrected chi connectivity index (χ0v) is 19.7. The van der Waals surface area contributed by atoms with Crippen LogP contribution in [0.4, 0.5) is 0 Å². The van der Waals surface area contributed by atoms with E-state index in [0.29, 0.717) is 16.2 Å². The molecule has 1 heterocycles. The summed E-state index contributed by atoms with van der Waals surface area (Å²) in [6.45, 7) is 21.9. The largest absolute Gasteiger partial charge is 0.302 e. The highest BCUT2D eigenvalue weighted by Crippen LogP contribution is 2.46. The predicted octanol–water partition coefficient (Wildman–Crippen LogP) is 7.60. The predicted molar refractivity (Wildman–Crippen MR) is 122 cm³/mol. The van der Waals surface area contributed by atoms with Crippen molar-refractivity contribution in [2.24, 2.45) is 16.2 Å². The second kappa shape index (κ2) is 10.6. The Kier molecular flexibility index (Phi) is 9.55. The third-order valence-corrected chi connectivity index (χ3v) is 6.04. The number of hydrogen-bond donors (Lipinski definition) is 0. The van der Waals surface area contributed by atoms with E-state index in [-0.39, 0.29) is 0 Å². The molecule has 1 aromatic rings. The van der Waals surface area contributed by atoms with Crippen LogP contribution in [0.25, 0.3) is 0 Å². The molecule has 27 heavy (non-hydrogen) atoms. The summed E-state index contributed by atoms with van der Waals surface area (Å²) in [6.07, 6.45) is 8.34. The fourth-order valence-corrected chi connectivity index (χ4v) is 4.39. The van der Waals surface area contributed by atoms with Crippen LogP contribution in [0.15, 0.2) is 30.3 Å². The lowest BCUT2D eigenvalue weighted by Crippen LogP contribution is -2.31. The first-order valence-electron chi connectivity index (χ1n) is 11.4. The molecule has 0 spiro atoms. The van der Waals surface area contributed by atoms with Gasteiger partial charge in [0.05, 0.1) is 0 Å². The second-order valence-electron chi connectivity index (χ2n) is 10.6. The van der Waals surface area contributed by atoms with Crippen molar-refractivity contribution in [2.45, 2.75) is 93.9 Å². The van der Waals surface area contributed by atoms with Crippen LogP contribution in [0, 0.1) is 16.2 Å². The lowest BCUT2D eigenvalue weighted by molar-refractivity contribution is 0.127. The standard InChI is InChI=1S/C13H18.C11H23N.C2H6/c1-2-13(9-6-10-13)11-12-7-4-3-5-8-12;1-10(2,3)8-12-7-6-11(4,5)9-12;1-2/h3-5,7-8H,2,6,9-11H2,1H3;6-9H2,1-5H3;1-2H3. The normalized spacial score (nSPS) is 20.6. The molecule has 2 aliphatic rings. The molecule has 0 N–H and O–H groups in total. The highest BCUT2D eigenvalue weighted by molar-refractivity contribution is 5.17. The summed E-state index contributed by atoms with van der Waals surface area (Å²) in [4.78, 5) is 2.60. The molecule has 156 valence electrons. The average molecular weight is 374 g/mol. The zero-order valence-electron chi connectivity index (χ0n) is 19.7. The third kappa shape index (κ3) is 8.81. The topological polar surface area (TPSA) is 3.24 Å². The fourth-order valence-electron chi connectivity index (χ4n) is 4.39. The lowest BCUT2D eigenvalue weighted by Gasteiger charge is -2.41. The minimum Gasteiger partial charge on any atom is -0.302 e. The van der Waals surface area contributed by atoms with Gasteiger partial charge >= 0.3 is 0 Å². The molecule has 1 saturated carbocycles. The molecule has 0 radical (unpaired) electrons. The highest BCUT2D eigenvalue weighted by Gasteiger charge is 2.34. The Labute approximate surface area is 170 Å². The molecule has 3 rings (SSSR count). The summed E-state index contributed by atoms with van der Waals surface area (Å²) in [6, 6.07) is 10.9. The molecule has 1 heteroatoms. The summed E-state index contributed by atoms with van der Waals surface area (Å²) in [5, 5.41) is 0. The van der Waals surface area contributed by atoms with Crippen molar-refractivity contribution >= 4 is 0 Å². The second-order valence-corrected chi connectivity index (χ2v) is 10.6. The van der Waals surface area contributed by atoms with E-state index in [9.17, 15) is 0 Å². The maximum atomic E-state index is 2.60. The van der Waals surface area contributed by atoms with Gasteiger partial charge in [-0.05, 0) is 54.0 Å². The van der Waals surface area contributed by atoms with Gasteiger partial charge in [-0.25, -0.2) is 0 Å². The molecule has 2 fully saturated rings. The molecule has 1 saturated heterocycles. The van der Waals surface area contributed by atoms with E-state index in [1.54, 1.807) is 0 Å². The smallest absolute Gasteiger partial charge is 0.00334 e. The van der Waals surface area contributed by atoms with Gasteiger partial charge in [0.2, 0.25) is 0 Å². The molecule has 1 aliphatic carbocycles. The fraction of sp³-hybridized carbons (Fsp3) is 0.769. The van der Waals surface area contributed by atoms with Gasteiger partial charge in [-0.2, -0.15) is 0 Å². The third-order valence-electron chi connectivity index (χ3n) is 6.04. The molecule has 0 aromatic heterocycles. The van der Waals surface area contributed by atoms with Crippen molar-refractivity contribution in [1.82, 2.24) is 4.90 Å². The van der Waals surface area contributed by atoms with Crippen LogP contribution in [-0.4, -0.2) is 24.5 Å². The number of rotatable bonds is 4. The van der Waals surface area contributed by atoms with Crippen LogP contribution in [0.5, 0.6) is 0 Å². The van der Waals surface area contributed by atoms with Gasteiger partial charge in [0, 0.05) is 13.1 Å². The first-order chi connectivity index (χ1) is 12.6. The van der Waals surface area contributed by atoms with Gasteiger partial charge in [-0.15, -0.1) is 0 Å². The maximum absolute atomic E-state index is 2.60. The van der Waals surface area contributed by atoms with Crippen LogP contribution in [-0.2, 0) is 6.42 Å². The summed E-state index contributed by atoms with van der Waals surface area (Å²) in [7, 11) is 0. The van der Waals surface area contributed by atoms with Crippen molar-refractivity contribution in [3.8, 4) is 0 Å². The molecule has 0 atom stereocenters. The van der Waals surface area contributed by atoms with Crippen molar-refractivity contribution < 1.29 is 0 Å². The molecule has 1 nitrogen and oxygen atoms in total. The van der Waals surface area contributed by atoms with E-state index < -0.39 is 0 Å². The lowest BCUT2D eigenvalue weighted by atomic mass is 9.64. The first kappa shape index (κ1) is 24.2. The van der Waals surface area contributed by atoms with Crippen molar-refractivity contribution in [3.63, 3.8) is 0 Å². The Balaban J connectivity index is 0.000000248. The molecule has 0 unspecified atom stereocenters. The minimum absolute atomic E-state index is 0.459. The highest BCUT2D eigenvalue weighted by atomic mass is 15.2. The Bertz CT molecular complexity index is 499. The summed E-state index contributed by atoms with van der Waals surface area (Å²) in [5.74, 6) is 0. The Morgan fingerprint density at radius 3 is 1.93 bits per heavy atom. The van der Waals surface area contributed by atoms with Crippen molar-refractivity contribution in [3.05, 3.63) is 35.9 Å². The molecular formula is C26H47N. The van der Waals surface area contributed by atoms with Gasteiger partial charge in [-0.3, -0.25) is 0 Å². The molecule has 1 aliphatic heterocycles. The monoisotopic (exact) mass is 373 g/mol. The van der Waals surface area contributed by atoms with Crippen LogP contribution < -0.4 is 0 Å². The van der Waals surface area contributed by atoms with E-state index in [0.717, 1.165) is 0 Å². The van der Waals surface area contributed by atoms with Crippen molar-refractivity contribution in [1.29, 1.82) is 0 Å². The van der Waals surface area contributed by atoms with E-state index in [4.69, 9.17) is 0 Å². The number of benzene rings is 1. The Hall–Kier alpha value is -0.820. The van der Waals surface area contributed by atoms with E-state index >= 15 is 0 Å². The molecule has 0 bridgehead atoms. The van der Waals surface area contributed by atoms with Gasteiger partial charge in [0.15, 0.2) is 0 Å².